The van der Waals surface area contributed by atoms with E-state index in [4.69, 9.17) is 21.1 Å². The molecule has 1 aliphatic heterocycles. The van der Waals surface area contributed by atoms with Crippen LogP contribution in [0.15, 0.2) is 6.20 Å². The molecule has 1 saturated heterocycles. The van der Waals surface area contributed by atoms with Crippen LogP contribution in [0.4, 0.5) is 10.2 Å². The number of hydrogen-bond donors (Lipinski definition) is 1. The summed E-state index contributed by atoms with van der Waals surface area (Å²) in [6, 6.07) is 0. The Kier molecular flexibility index (Phi) is 5.74. The second-order valence-corrected chi connectivity index (χ2v) is 8.50. The van der Waals surface area contributed by atoms with Crippen LogP contribution in [0.3, 0.4) is 0 Å². The normalized spacial score (nSPS) is 21.4. The van der Waals surface area contributed by atoms with Crippen molar-refractivity contribution in [1.82, 2.24) is 19.9 Å². The molecule has 1 atom stereocenters. The average Bonchev–Trinajstić information content (AvgIpc) is 3.45. The molecule has 0 aromatic carbocycles. The van der Waals surface area contributed by atoms with Crippen molar-refractivity contribution in [3.8, 4) is 5.88 Å². The predicted molar refractivity (Wildman–Crippen MR) is 107 cm³/mol. The summed E-state index contributed by atoms with van der Waals surface area (Å²) in [7, 11) is 4.03. The van der Waals surface area contributed by atoms with Gasteiger partial charge in [-0.15, -0.1) is 0 Å². The van der Waals surface area contributed by atoms with Crippen LogP contribution >= 0.6 is 11.6 Å². The third-order valence-electron chi connectivity index (χ3n) is 5.28. The van der Waals surface area contributed by atoms with Crippen LogP contribution in [0.5, 0.6) is 5.88 Å². The van der Waals surface area contributed by atoms with Gasteiger partial charge in [-0.3, -0.25) is 0 Å². The Morgan fingerprint density at radius 1 is 1.41 bits per heavy atom. The van der Waals surface area contributed by atoms with Crippen LogP contribution < -0.4 is 9.64 Å². The molecule has 1 aliphatic carbocycles. The lowest BCUT2D eigenvalue weighted by molar-refractivity contribution is 0.0597. The molecule has 1 saturated carbocycles. The second-order valence-electron chi connectivity index (χ2n) is 8.16. The quantitative estimate of drug-likeness (QED) is 0.700. The standard InChI is InChI=1S/C19H25ClFN5O3/c1-25(2)10-19(3-4-19)11-29-17-14(21)15-13(7-22-17)16(24-18(20)23-15)26-5-6-28-9-12(27)8-26/h7,12,27H,3-6,8-11H2,1-2H3. The lowest BCUT2D eigenvalue weighted by atomic mass is 10.1. The van der Waals surface area contributed by atoms with Crippen molar-refractivity contribution in [2.24, 2.45) is 5.41 Å². The monoisotopic (exact) mass is 425 g/mol. The van der Waals surface area contributed by atoms with E-state index in [-0.39, 0.29) is 28.7 Å². The molecule has 0 spiro atoms. The molecule has 8 nitrogen and oxygen atoms in total. The summed E-state index contributed by atoms with van der Waals surface area (Å²) < 4.78 is 26.3. The van der Waals surface area contributed by atoms with Crippen LogP contribution in [0, 0.1) is 11.2 Å². The number of ether oxygens (including phenoxy) is 2. The van der Waals surface area contributed by atoms with Gasteiger partial charge in [-0.25, -0.2) is 9.97 Å². The average molecular weight is 426 g/mol. The molecule has 29 heavy (non-hydrogen) atoms. The Labute approximate surface area is 173 Å². The highest BCUT2D eigenvalue weighted by Gasteiger charge is 2.44. The third-order valence-corrected chi connectivity index (χ3v) is 5.44. The molecule has 1 unspecified atom stereocenters. The molecule has 2 aromatic rings. The summed E-state index contributed by atoms with van der Waals surface area (Å²) in [5.41, 5.74) is 0.116. The third kappa shape index (κ3) is 4.53. The van der Waals surface area contributed by atoms with Crippen LogP contribution in [0.2, 0.25) is 5.28 Å². The number of aliphatic hydroxyl groups excluding tert-OH is 1. The van der Waals surface area contributed by atoms with Gasteiger partial charge >= 0.3 is 0 Å². The summed E-state index contributed by atoms with van der Waals surface area (Å²) in [6.07, 6.45) is 2.94. The fraction of sp³-hybridized carbons (Fsp3) is 0.632. The first kappa shape index (κ1) is 20.5. The fourth-order valence-corrected chi connectivity index (χ4v) is 3.91. The number of aliphatic hydroxyl groups is 1. The Morgan fingerprint density at radius 3 is 2.93 bits per heavy atom. The highest BCUT2D eigenvalue weighted by atomic mass is 35.5. The number of β-amino-alcohol motifs (C(OH)–C–C–N with tert-alkyl or cyclic N) is 1. The van der Waals surface area contributed by atoms with Gasteiger partial charge in [-0.05, 0) is 38.5 Å². The number of fused-ring (bicyclic) bond motifs is 1. The van der Waals surface area contributed by atoms with E-state index in [1.165, 1.54) is 6.20 Å². The zero-order valence-corrected chi connectivity index (χ0v) is 17.3. The largest absolute Gasteiger partial charge is 0.475 e. The molecule has 0 bridgehead atoms. The van der Waals surface area contributed by atoms with Crippen LogP contribution in [0.1, 0.15) is 12.8 Å². The summed E-state index contributed by atoms with van der Waals surface area (Å²) in [5.74, 6) is -0.309. The highest BCUT2D eigenvalue weighted by molar-refractivity contribution is 6.28. The number of anilines is 1. The van der Waals surface area contributed by atoms with Gasteiger partial charge in [0, 0.05) is 31.2 Å². The van der Waals surface area contributed by atoms with E-state index in [1.54, 1.807) is 0 Å². The van der Waals surface area contributed by atoms with Crippen molar-refractivity contribution in [2.45, 2.75) is 18.9 Å². The Hall–Kier alpha value is -1.81. The van der Waals surface area contributed by atoms with E-state index < -0.39 is 11.9 Å². The van der Waals surface area contributed by atoms with Gasteiger partial charge in [0.2, 0.25) is 11.1 Å². The minimum absolute atomic E-state index is 0.0575. The van der Waals surface area contributed by atoms with Crippen molar-refractivity contribution in [1.29, 1.82) is 0 Å². The number of hydrogen-bond acceptors (Lipinski definition) is 8. The summed E-state index contributed by atoms with van der Waals surface area (Å²) in [4.78, 5) is 16.4. The van der Waals surface area contributed by atoms with Crippen LogP contribution in [0.25, 0.3) is 10.9 Å². The number of rotatable bonds is 6. The number of halogens is 2. The molecule has 158 valence electrons. The SMILES string of the molecule is CN(C)CC1(COc2ncc3c(N4CCOCC(O)C4)nc(Cl)nc3c2F)CC1. The molecule has 0 radical (unpaired) electrons. The molecule has 2 fully saturated rings. The van der Waals surface area contributed by atoms with Gasteiger partial charge in [-0.2, -0.15) is 9.37 Å². The minimum atomic E-state index is -0.673. The van der Waals surface area contributed by atoms with Gasteiger partial charge in [0.15, 0.2) is 0 Å². The molecular formula is C19H25ClFN5O3. The smallest absolute Gasteiger partial charge is 0.252 e. The van der Waals surface area contributed by atoms with Crippen molar-refractivity contribution < 1.29 is 19.0 Å². The van der Waals surface area contributed by atoms with Gasteiger partial charge in [-0.1, -0.05) is 0 Å². The summed E-state index contributed by atoms with van der Waals surface area (Å²) >= 11 is 6.09. The lowest BCUT2D eigenvalue weighted by Gasteiger charge is -2.24. The molecule has 2 aromatic heterocycles. The Bertz CT molecular complexity index is 896. The first-order chi connectivity index (χ1) is 13.9. The van der Waals surface area contributed by atoms with Crippen LogP contribution in [-0.2, 0) is 4.74 Å². The Balaban J connectivity index is 1.62. The van der Waals surface area contributed by atoms with E-state index in [0.29, 0.717) is 37.5 Å². The van der Waals surface area contributed by atoms with E-state index in [9.17, 15) is 5.11 Å². The van der Waals surface area contributed by atoms with Crippen molar-refractivity contribution in [3.63, 3.8) is 0 Å². The van der Waals surface area contributed by atoms with E-state index in [0.717, 1.165) is 19.4 Å². The predicted octanol–water partition coefficient (Wildman–Crippen LogP) is 1.74. The lowest BCUT2D eigenvalue weighted by Crippen LogP contribution is -2.33. The topological polar surface area (TPSA) is 83.8 Å². The first-order valence-corrected chi connectivity index (χ1v) is 10.0. The molecule has 4 rings (SSSR count). The molecule has 3 heterocycles. The zero-order chi connectivity index (χ0) is 20.6. The fourth-order valence-electron chi connectivity index (χ4n) is 3.74. The maximum Gasteiger partial charge on any atom is 0.252 e. The highest BCUT2D eigenvalue weighted by Crippen LogP contribution is 2.46. The first-order valence-electron chi connectivity index (χ1n) is 9.67. The second kappa shape index (κ2) is 8.14. The maximum atomic E-state index is 15.2. The number of pyridine rings is 1. The molecule has 2 aliphatic rings. The minimum Gasteiger partial charge on any atom is -0.475 e. The van der Waals surface area contributed by atoms with Gasteiger partial charge in [0.25, 0.3) is 5.88 Å². The van der Waals surface area contributed by atoms with Crippen molar-refractivity contribution >= 4 is 28.3 Å². The number of aromatic nitrogens is 3. The molecule has 10 heteroatoms. The summed E-state index contributed by atoms with van der Waals surface area (Å²) in [5, 5.41) is 10.4. The van der Waals surface area contributed by atoms with E-state index in [1.807, 2.05) is 19.0 Å². The van der Waals surface area contributed by atoms with Gasteiger partial charge < -0.3 is 24.4 Å². The van der Waals surface area contributed by atoms with Crippen molar-refractivity contribution in [2.75, 3.05) is 58.5 Å². The maximum absolute atomic E-state index is 15.2. The van der Waals surface area contributed by atoms with E-state index in [2.05, 4.69) is 19.9 Å². The Morgan fingerprint density at radius 2 is 2.21 bits per heavy atom. The summed E-state index contributed by atoms with van der Waals surface area (Å²) in [6.45, 7) is 2.75. The number of nitrogens with zero attached hydrogens (tertiary/aromatic N) is 5. The molecule has 1 N–H and O–H groups in total. The molecular weight excluding hydrogens is 401 g/mol. The van der Waals surface area contributed by atoms with Crippen molar-refractivity contribution in [3.05, 3.63) is 17.3 Å². The zero-order valence-electron chi connectivity index (χ0n) is 16.6. The van der Waals surface area contributed by atoms with Crippen LogP contribution in [-0.4, -0.2) is 84.6 Å². The van der Waals surface area contributed by atoms with E-state index >= 15 is 4.39 Å². The van der Waals surface area contributed by atoms with Gasteiger partial charge in [0.1, 0.15) is 11.3 Å². The molecule has 0 amide bonds. The van der Waals surface area contributed by atoms with Gasteiger partial charge in [0.05, 0.1) is 31.3 Å².